The van der Waals surface area contributed by atoms with Crippen molar-refractivity contribution in [2.45, 2.75) is 157 Å². The first-order valence-corrected chi connectivity index (χ1v) is 40.8. The van der Waals surface area contributed by atoms with Crippen LogP contribution in [0.15, 0.2) is 303 Å². The van der Waals surface area contributed by atoms with Gasteiger partial charge in [0.05, 0.1) is 27.9 Å². The van der Waals surface area contributed by atoms with E-state index >= 15 is 0 Å². The van der Waals surface area contributed by atoms with Crippen molar-refractivity contribution in [1.82, 2.24) is 4.57 Å². The predicted molar refractivity (Wildman–Crippen MR) is 495 cm³/mol. The Morgan fingerprint density at radius 2 is 0.684 bits per heavy atom. The molecule has 0 fully saturated rings. The Kier molecular flexibility index (Phi) is 16.3. The highest BCUT2D eigenvalue weighted by molar-refractivity contribution is 7.00. The molecule has 0 amide bonds. The van der Waals surface area contributed by atoms with Crippen LogP contribution in [0.1, 0.15) is 163 Å². The van der Waals surface area contributed by atoms with Gasteiger partial charge in [-0.15, -0.1) is 0 Å². The van der Waals surface area contributed by atoms with E-state index in [4.69, 9.17) is 1.37 Å². The lowest BCUT2D eigenvalue weighted by atomic mass is 9.33. The first-order valence-electron chi connectivity index (χ1n) is 42.8. The summed E-state index contributed by atoms with van der Waals surface area (Å²) in [5.41, 5.74) is 31.7. The number of benzene rings is 15. The van der Waals surface area contributed by atoms with E-state index in [9.17, 15) is 4.11 Å². The van der Waals surface area contributed by atoms with Crippen LogP contribution in [-0.4, -0.2) is 11.3 Å². The molecule has 15 aromatic carbocycles. The Hall–Kier alpha value is -11.7. The smallest absolute Gasteiger partial charge is 0.252 e. The summed E-state index contributed by atoms with van der Waals surface area (Å²) in [7, 11) is 0. The second kappa shape index (κ2) is 27.0. The van der Waals surface area contributed by atoms with Crippen molar-refractivity contribution in [3.8, 4) is 72.4 Å². The standard InChI is InChI=1S/C110H104BN3/c1-105(2,3)79-50-42-71(43-51-79)91-65-83(109(13,14)15)66-92(72-44-52-80(53-45-72)106(4,5)6)104(91)114-99-63-75(78-59-81(107(7,8)9)64-82(60-78)108(10,11)12)48-56-95(99)111-94-55-47-74(73-49-57-97-93(61-73)90-36-27-28-39-96(90)112(97)85-33-23-20-24-34-85)62-98(94)113(100-67-84(110(16,17)18)68-101(114)102(100)111)103-88(69-30-21-19-22-31-69)37-29-38-89(103)77-46-54-87-76(58-77)41-40-70-32-25-26-35-86(70)87/h19-68H,1-18H3/i27D,28D,36D,39D. The molecule has 16 aromatic rings. The van der Waals surface area contributed by atoms with Gasteiger partial charge in [-0.3, -0.25) is 0 Å². The molecule has 18 rings (SSSR count). The Bertz CT molecular complexity index is 6660. The van der Waals surface area contributed by atoms with Crippen molar-refractivity contribution in [2.24, 2.45) is 0 Å². The fraction of sp³-hybridized carbons (Fsp3) is 0.218. The summed E-state index contributed by atoms with van der Waals surface area (Å²) >= 11 is 0. The molecule has 3 nitrogen and oxygen atoms in total. The third kappa shape index (κ3) is 12.9. The maximum atomic E-state index is 9.71. The average molecular weight is 1480 g/mol. The zero-order valence-corrected chi connectivity index (χ0v) is 69.5. The molecule has 3 heterocycles. The Labute approximate surface area is 682 Å². The molecule has 0 bridgehead atoms. The molecule has 0 saturated heterocycles. The highest BCUT2D eigenvalue weighted by atomic mass is 15.2. The number of rotatable bonds is 9. The van der Waals surface area contributed by atoms with Crippen molar-refractivity contribution in [1.29, 1.82) is 0 Å². The molecular weight excluding hydrogens is 1370 g/mol. The Morgan fingerprint density at radius 3 is 1.25 bits per heavy atom. The van der Waals surface area contributed by atoms with Crippen LogP contribution >= 0.6 is 0 Å². The molecule has 0 unspecified atom stereocenters. The van der Waals surface area contributed by atoms with Gasteiger partial charge in [0.2, 0.25) is 0 Å². The monoisotopic (exact) mass is 1480 g/mol. The van der Waals surface area contributed by atoms with Gasteiger partial charge in [-0.1, -0.05) is 355 Å². The van der Waals surface area contributed by atoms with E-state index in [2.05, 4.69) is 383 Å². The largest absolute Gasteiger partial charge is 0.310 e. The van der Waals surface area contributed by atoms with E-state index < -0.39 is 5.41 Å². The van der Waals surface area contributed by atoms with Gasteiger partial charge in [0, 0.05) is 61.5 Å². The van der Waals surface area contributed by atoms with Crippen molar-refractivity contribution >= 4 is 101 Å². The maximum absolute atomic E-state index is 9.71. The van der Waals surface area contributed by atoms with Crippen LogP contribution in [0.5, 0.6) is 0 Å². The topological polar surface area (TPSA) is 11.4 Å². The third-order valence-corrected chi connectivity index (χ3v) is 24.4. The molecule has 2 aliphatic heterocycles. The molecule has 562 valence electrons. The second-order valence-corrected chi connectivity index (χ2v) is 38.4. The predicted octanol–water partition coefficient (Wildman–Crippen LogP) is 29.0. The van der Waals surface area contributed by atoms with Crippen LogP contribution in [0, 0.1) is 0 Å². The van der Waals surface area contributed by atoms with Gasteiger partial charge >= 0.3 is 0 Å². The minimum atomic E-state index is -0.404. The number of fused-ring (bicyclic) bond motifs is 10. The van der Waals surface area contributed by atoms with Crippen LogP contribution in [0.3, 0.4) is 0 Å². The summed E-state index contributed by atoms with van der Waals surface area (Å²) in [5, 5.41) is 6.01. The number of nitrogens with zero attached hydrogens (tertiary/aromatic N) is 3. The van der Waals surface area contributed by atoms with Gasteiger partial charge in [0.15, 0.2) is 0 Å². The molecule has 4 heteroatoms. The number of aromatic nitrogens is 1. The molecule has 2 aliphatic rings. The van der Waals surface area contributed by atoms with Gasteiger partial charge in [0.1, 0.15) is 0 Å². The van der Waals surface area contributed by atoms with Crippen LogP contribution in [0.2, 0.25) is 0 Å². The summed E-state index contributed by atoms with van der Waals surface area (Å²) in [6.45, 7) is 41.8. The van der Waals surface area contributed by atoms with E-state index in [-0.39, 0.29) is 58.0 Å². The fourth-order valence-electron chi connectivity index (χ4n) is 17.8. The Balaban J connectivity index is 1.01. The van der Waals surface area contributed by atoms with Crippen LogP contribution in [-0.2, 0) is 32.5 Å². The number of hydrogen-bond donors (Lipinski definition) is 0. The van der Waals surface area contributed by atoms with E-state index in [0.717, 1.165) is 123 Å². The van der Waals surface area contributed by atoms with Gasteiger partial charge in [-0.25, -0.2) is 0 Å². The summed E-state index contributed by atoms with van der Waals surface area (Å²) < 4.78 is 39.5. The highest BCUT2D eigenvalue weighted by Gasteiger charge is 2.47. The highest BCUT2D eigenvalue weighted by Crippen LogP contribution is 2.56. The van der Waals surface area contributed by atoms with E-state index in [0.29, 0.717) is 10.9 Å². The number of para-hydroxylation sites is 3. The summed E-state index contributed by atoms with van der Waals surface area (Å²) in [4.78, 5) is 5.39. The zero-order chi connectivity index (χ0) is 82.9. The third-order valence-electron chi connectivity index (χ3n) is 24.4. The normalized spacial score (nSPS) is 13.8. The van der Waals surface area contributed by atoms with Crippen LogP contribution in [0.4, 0.5) is 34.1 Å². The summed E-state index contributed by atoms with van der Waals surface area (Å²) in [6.07, 6.45) is 0. The zero-order valence-electron chi connectivity index (χ0n) is 73.5. The van der Waals surface area contributed by atoms with Gasteiger partial charge in [-0.05, 0) is 221 Å². The first kappa shape index (κ1) is 69.0. The molecule has 0 spiro atoms. The fourth-order valence-corrected chi connectivity index (χ4v) is 17.8. The molecule has 0 atom stereocenters. The minimum absolute atomic E-state index is 0.0653. The van der Waals surface area contributed by atoms with Gasteiger partial charge in [0.25, 0.3) is 6.71 Å². The molecule has 1 aromatic heterocycles. The van der Waals surface area contributed by atoms with Crippen molar-refractivity contribution in [2.75, 3.05) is 9.80 Å². The molecule has 114 heavy (non-hydrogen) atoms. The van der Waals surface area contributed by atoms with Gasteiger partial charge in [-0.2, -0.15) is 0 Å². The lowest BCUT2D eigenvalue weighted by Crippen LogP contribution is -2.61. The SMILES string of the molecule is [2H]c1c([2H])c([2H])c2c(c1[2H])c1cc(-c3ccc4c(c3)N(c3c(-c5ccccc5)cccc3-c3ccc5c(ccc6ccccc65)c3)c3cc(C(C)(C)C)cc5c3B4c3ccc(-c4cc(C(C)(C)C)cc(C(C)(C)C)c4)cc3N5c3c(-c4ccc(C(C)(C)C)cc4)cc(C(C)(C)C)cc3-c3ccc(C(C)(C)C)cc3)ccc1n2-c1ccccc1. The molecule has 0 radical (unpaired) electrons. The quantitative estimate of drug-likeness (QED) is 0.105. The van der Waals surface area contributed by atoms with Crippen molar-refractivity contribution in [3.63, 3.8) is 0 Å². The van der Waals surface area contributed by atoms with Crippen molar-refractivity contribution in [3.05, 3.63) is 337 Å². The van der Waals surface area contributed by atoms with Gasteiger partial charge < -0.3 is 14.4 Å². The maximum Gasteiger partial charge on any atom is 0.252 e. The number of anilines is 6. The lowest BCUT2D eigenvalue weighted by Gasteiger charge is -2.46. The minimum Gasteiger partial charge on any atom is -0.310 e. The molecular formula is C110H104BN3. The molecule has 0 aliphatic carbocycles. The van der Waals surface area contributed by atoms with Crippen LogP contribution < -0.4 is 26.2 Å². The number of hydrogen-bond acceptors (Lipinski definition) is 2. The summed E-state index contributed by atoms with van der Waals surface area (Å²) in [6, 6.07) is 105. The van der Waals surface area contributed by atoms with E-state index in [1.165, 1.54) is 66.0 Å². The first-order chi connectivity index (χ1) is 56.0. The van der Waals surface area contributed by atoms with E-state index in [1.54, 1.807) is 0 Å². The second-order valence-electron chi connectivity index (χ2n) is 38.4. The van der Waals surface area contributed by atoms with Crippen LogP contribution in [0.25, 0.3) is 116 Å². The van der Waals surface area contributed by atoms with Crippen molar-refractivity contribution < 1.29 is 5.48 Å². The van der Waals surface area contributed by atoms with E-state index in [1.807, 2.05) is 34.9 Å². The average Bonchev–Trinajstić information content (AvgIpc) is 0.796. The molecule has 0 saturated carbocycles. The lowest BCUT2D eigenvalue weighted by molar-refractivity contribution is 0.569. The Morgan fingerprint density at radius 1 is 0.254 bits per heavy atom. The molecule has 0 N–H and O–H groups in total. The summed E-state index contributed by atoms with van der Waals surface area (Å²) in [5.74, 6) is 0.